The molecule has 22 heavy (non-hydrogen) atoms. The first-order chi connectivity index (χ1) is 10.5. The Morgan fingerprint density at radius 1 is 1.05 bits per heavy atom. The van der Waals surface area contributed by atoms with Gasteiger partial charge in [0, 0.05) is 25.2 Å². The molecule has 2 amide bonds. The first kappa shape index (κ1) is 15.6. The molecule has 0 saturated heterocycles. The standard InChI is InChI=1S/C16H14F2N2O2/c1-19-15(21)11-4-2-3-10(7-11)9-20-16(22)13-6-5-12(17)8-14(13)18/h2-8H,9H2,1H3,(H,19,21)(H,20,22). The summed E-state index contributed by atoms with van der Waals surface area (Å²) in [6, 6.07) is 9.44. The molecule has 0 aliphatic rings. The third-order valence-electron chi connectivity index (χ3n) is 3.05. The molecule has 0 aliphatic carbocycles. The minimum Gasteiger partial charge on any atom is -0.355 e. The maximum Gasteiger partial charge on any atom is 0.254 e. The zero-order chi connectivity index (χ0) is 16.1. The second kappa shape index (κ2) is 6.80. The summed E-state index contributed by atoms with van der Waals surface area (Å²) in [5.41, 5.74) is 0.919. The first-order valence-corrected chi connectivity index (χ1v) is 6.55. The van der Waals surface area contributed by atoms with E-state index in [2.05, 4.69) is 10.6 Å². The SMILES string of the molecule is CNC(=O)c1cccc(CNC(=O)c2ccc(F)cc2F)c1. The van der Waals surface area contributed by atoms with Gasteiger partial charge in [0.15, 0.2) is 0 Å². The maximum atomic E-state index is 13.5. The molecule has 0 heterocycles. The summed E-state index contributed by atoms with van der Waals surface area (Å²) in [4.78, 5) is 23.4. The molecule has 0 bridgehead atoms. The van der Waals surface area contributed by atoms with Gasteiger partial charge < -0.3 is 10.6 Å². The molecular weight excluding hydrogens is 290 g/mol. The van der Waals surface area contributed by atoms with Crippen molar-refractivity contribution >= 4 is 11.8 Å². The lowest BCUT2D eigenvalue weighted by Crippen LogP contribution is -2.24. The molecule has 4 nitrogen and oxygen atoms in total. The van der Waals surface area contributed by atoms with Gasteiger partial charge in [-0.3, -0.25) is 9.59 Å². The molecule has 0 saturated carbocycles. The average Bonchev–Trinajstić information content (AvgIpc) is 2.52. The van der Waals surface area contributed by atoms with E-state index in [-0.39, 0.29) is 18.0 Å². The van der Waals surface area contributed by atoms with Crippen molar-refractivity contribution in [3.63, 3.8) is 0 Å². The van der Waals surface area contributed by atoms with Gasteiger partial charge in [-0.25, -0.2) is 8.78 Å². The Kier molecular flexibility index (Phi) is 4.83. The van der Waals surface area contributed by atoms with Crippen LogP contribution >= 0.6 is 0 Å². The average molecular weight is 304 g/mol. The van der Waals surface area contributed by atoms with E-state index in [0.29, 0.717) is 17.2 Å². The van der Waals surface area contributed by atoms with Crippen molar-refractivity contribution in [3.8, 4) is 0 Å². The van der Waals surface area contributed by atoms with Crippen molar-refractivity contribution in [2.24, 2.45) is 0 Å². The van der Waals surface area contributed by atoms with Crippen molar-refractivity contribution in [3.05, 3.63) is 70.8 Å². The summed E-state index contributed by atoms with van der Waals surface area (Å²) in [5.74, 6) is -2.55. The van der Waals surface area contributed by atoms with Crippen molar-refractivity contribution in [1.29, 1.82) is 0 Å². The lowest BCUT2D eigenvalue weighted by molar-refractivity contribution is 0.0945. The monoisotopic (exact) mass is 304 g/mol. The maximum absolute atomic E-state index is 13.5. The zero-order valence-corrected chi connectivity index (χ0v) is 11.8. The van der Waals surface area contributed by atoms with Crippen molar-refractivity contribution in [2.45, 2.75) is 6.54 Å². The van der Waals surface area contributed by atoms with Crippen LogP contribution in [-0.4, -0.2) is 18.9 Å². The zero-order valence-electron chi connectivity index (χ0n) is 11.8. The van der Waals surface area contributed by atoms with Crippen LogP contribution in [0, 0.1) is 11.6 Å². The smallest absolute Gasteiger partial charge is 0.254 e. The van der Waals surface area contributed by atoms with E-state index in [1.54, 1.807) is 24.3 Å². The van der Waals surface area contributed by atoms with Gasteiger partial charge in [0.2, 0.25) is 0 Å². The Hall–Kier alpha value is -2.76. The highest BCUT2D eigenvalue weighted by molar-refractivity contribution is 5.95. The summed E-state index contributed by atoms with van der Waals surface area (Å²) in [5, 5.41) is 5.03. The molecule has 0 fully saturated rings. The van der Waals surface area contributed by atoms with Crippen molar-refractivity contribution in [1.82, 2.24) is 10.6 Å². The van der Waals surface area contributed by atoms with E-state index in [1.165, 1.54) is 7.05 Å². The molecule has 0 aliphatic heterocycles. The van der Waals surface area contributed by atoms with Crippen LogP contribution < -0.4 is 10.6 Å². The largest absolute Gasteiger partial charge is 0.355 e. The number of nitrogens with one attached hydrogen (secondary N) is 2. The first-order valence-electron chi connectivity index (χ1n) is 6.55. The van der Waals surface area contributed by atoms with Gasteiger partial charge in [0.25, 0.3) is 11.8 Å². The van der Waals surface area contributed by atoms with Crippen LogP contribution in [0.25, 0.3) is 0 Å². The van der Waals surface area contributed by atoms with Gasteiger partial charge in [-0.2, -0.15) is 0 Å². The fourth-order valence-electron chi connectivity index (χ4n) is 1.92. The van der Waals surface area contributed by atoms with Gasteiger partial charge in [0.1, 0.15) is 11.6 Å². The molecule has 2 aromatic carbocycles. The summed E-state index contributed by atoms with van der Waals surface area (Å²) in [6.45, 7) is 0.125. The van der Waals surface area contributed by atoms with Crippen LogP contribution in [0.15, 0.2) is 42.5 Å². The lowest BCUT2D eigenvalue weighted by Gasteiger charge is -2.08. The van der Waals surface area contributed by atoms with Crippen LogP contribution in [0.4, 0.5) is 8.78 Å². The number of carbonyl (C=O) groups is 2. The van der Waals surface area contributed by atoms with Gasteiger partial charge in [0.05, 0.1) is 5.56 Å². The normalized spacial score (nSPS) is 10.1. The van der Waals surface area contributed by atoms with Crippen LogP contribution in [0.5, 0.6) is 0 Å². The molecule has 114 valence electrons. The number of amides is 2. The highest BCUT2D eigenvalue weighted by atomic mass is 19.1. The topological polar surface area (TPSA) is 58.2 Å². The fraction of sp³-hybridized carbons (Fsp3) is 0.125. The van der Waals surface area contributed by atoms with Crippen molar-refractivity contribution in [2.75, 3.05) is 7.05 Å². The van der Waals surface area contributed by atoms with Crippen LogP contribution in [-0.2, 0) is 6.54 Å². The third-order valence-corrected chi connectivity index (χ3v) is 3.05. The molecule has 0 unspecified atom stereocenters. The van der Waals surface area contributed by atoms with E-state index in [4.69, 9.17) is 0 Å². The van der Waals surface area contributed by atoms with E-state index in [0.717, 1.165) is 12.1 Å². The van der Waals surface area contributed by atoms with Gasteiger partial charge in [-0.15, -0.1) is 0 Å². The molecule has 2 aromatic rings. The highest BCUT2D eigenvalue weighted by Crippen LogP contribution is 2.10. The second-order valence-electron chi connectivity index (χ2n) is 4.59. The Labute approximate surface area is 126 Å². The molecule has 0 spiro atoms. The predicted molar refractivity (Wildman–Crippen MR) is 77.4 cm³/mol. The van der Waals surface area contributed by atoms with Crippen LogP contribution in [0.1, 0.15) is 26.3 Å². The number of halogens is 2. The minimum atomic E-state index is -0.920. The second-order valence-corrected chi connectivity index (χ2v) is 4.59. The predicted octanol–water partition coefficient (Wildman–Crippen LogP) is 2.25. The van der Waals surface area contributed by atoms with E-state index < -0.39 is 17.5 Å². The van der Waals surface area contributed by atoms with Gasteiger partial charge >= 0.3 is 0 Å². The number of hydrogen-bond donors (Lipinski definition) is 2. The minimum absolute atomic E-state index is 0.125. The van der Waals surface area contributed by atoms with E-state index >= 15 is 0 Å². The molecule has 0 radical (unpaired) electrons. The molecule has 6 heteroatoms. The summed E-state index contributed by atoms with van der Waals surface area (Å²) in [7, 11) is 1.52. The van der Waals surface area contributed by atoms with Crippen molar-refractivity contribution < 1.29 is 18.4 Å². The van der Waals surface area contributed by atoms with Gasteiger partial charge in [-0.05, 0) is 29.8 Å². The summed E-state index contributed by atoms with van der Waals surface area (Å²) < 4.78 is 26.3. The summed E-state index contributed by atoms with van der Waals surface area (Å²) in [6.07, 6.45) is 0. The van der Waals surface area contributed by atoms with Crippen LogP contribution in [0.3, 0.4) is 0 Å². The molecule has 2 N–H and O–H groups in total. The Bertz CT molecular complexity index is 717. The molecule has 2 rings (SSSR count). The number of rotatable bonds is 4. The quantitative estimate of drug-likeness (QED) is 0.910. The third kappa shape index (κ3) is 3.66. The Morgan fingerprint density at radius 2 is 1.82 bits per heavy atom. The Balaban J connectivity index is 2.06. The van der Waals surface area contributed by atoms with E-state index in [1.807, 2.05) is 0 Å². The number of benzene rings is 2. The molecule has 0 atom stereocenters. The van der Waals surface area contributed by atoms with E-state index in [9.17, 15) is 18.4 Å². The summed E-state index contributed by atoms with van der Waals surface area (Å²) >= 11 is 0. The van der Waals surface area contributed by atoms with Gasteiger partial charge in [-0.1, -0.05) is 12.1 Å². The van der Waals surface area contributed by atoms with Crippen LogP contribution in [0.2, 0.25) is 0 Å². The highest BCUT2D eigenvalue weighted by Gasteiger charge is 2.12. The molecular formula is C16H14F2N2O2. The molecule has 0 aromatic heterocycles. The fourth-order valence-corrected chi connectivity index (χ4v) is 1.92. The Morgan fingerprint density at radius 3 is 2.50 bits per heavy atom. The number of carbonyl (C=O) groups excluding carboxylic acids is 2. The lowest BCUT2D eigenvalue weighted by atomic mass is 10.1. The number of hydrogen-bond acceptors (Lipinski definition) is 2.